The zero-order chi connectivity index (χ0) is 27.0. The predicted molar refractivity (Wildman–Crippen MR) is 143 cm³/mol. The number of anilines is 1. The minimum atomic E-state index is -3.89. The molecule has 0 aliphatic heterocycles. The predicted octanol–water partition coefficient (Wildman–Crippen LogP) is 3.76. The lowest BCUT2D eigenvalue weighted by Crippen LogP contribution is -2.54. The van der Waals surface area contributed by atoms with Gasteiger partial charge in [-0.3, -0.25) is 13.9 Å². The van der Waals surface area contributed by atoms with Crippen molar-refractivity contribution >= 4 is 27.5 Å². The van der Waals surface area contributed by atoms with Crippen LogP contribution in [0.1, 0.15) is 25.0 Å². The molecule has 37 heavy (non-hydrogen) atoms. The van der Waals surface area contributed by atoms with E-state index in [-0.39, 0.29) is 30.6 Å². The SMILES string of the molecule is CC(C)NC(=O)C(Cc1ccccc1)N(Cc1ccccc1)C(=O)CN(c1ccc(F)cc1)S(C)(=O)=O. The van der Waals surface area contributed by atoms with Crippen molar-refractivity contribution in [1.82, 2.24) is 10.2 Å². The number of hydrogen-bond donors (Lipinski definition) is 1. The number of nitrogens with one attached hydrogen (secondary N) is 1. The van der Waals surface area contributed by atoms with Crippen LogP contribution < -0.4 is 9.62 Å². The number of hydrogen-bond acceptors (Lipinski definition) is 4. The molecule has 0 saturated heterocycles. The molecule has 9 heteroatoms. The molecular weight excluding hydrogens is 493 g/mol. The highest BCUT2D eigenvalue weighted by Gasteiger charge is 2.33. The van der Waals surface area contributed by atoms with Gasteiger partial charge in [-0.2, -0.15) is 0 Å². The summed E-state index contributed by atoms with van der Waals surface area (Å²) < 4.78 is 39.7. The highest BCUT2D eigenvalue weighted by molar-refractivity contribution is 7.92. The van der Waals surface area contributed by atoms with Gasteiger partial charge in [0.15, 0.2) is 0 Å². The minimum Gasteiger partial charge on any atom is -0.352 e. The van der Waals surface area contributed by atoms with E-state index in [0.717, 1.165) is 33.8 Å². The number of halogens is 1. The maximum Gasteiger partial charge on any atom is 0.244 e. The molecule has 1 N–H and O–H groups in total. The zero-order valence-corrected chi connectivity index (χ0v) is 22.0. The monoisotopic (exact) mass is 525 g/mol. The summed E-state index contributed by atoms with van der Waals surface area (Å²) in [7, 11) is -3.89. The Bertz CT molecular complexity index is 1280. The molecule has 196 valence electrons. The summed E-state index contributed by atoms with van der Waals surface area (Å²) in [6.45, 7) is 3.22. The van der Waals surface area contributed by atoms with E-state index in [0.29, 0.717) is 0 Å². The van der Waals surface area contributed by atoms with E-state index in [1.165, 1.54) is 17.0 Å². The molecule has 0 spiro atoms. The quantitative estimate of drug-likeness (QED) is 0.413. The van der Waals surface area contributed by atoms with Crippen LogP contribution in [0.2, 0.25) is 0 Å². The van der Waals surface area contributed by atoms with E-state index in [9.17, 15) is 22.4 Å². The summed E-state index contributed by atoms with van der Waals surface area (Å²) in [5, 5.41) is 2.90. The van der Waals surface area contributed by atoms with Crippen molar-refractivity contribution in [3.8, 4) is 0 Å². The average Bonchev–Trinajstić information content (AvgIpc) is 2.85. The van der Waals surface area contributed by atoms with Gasteiger partial charge >= 0.3 is 0 Å². The second kappa shape index (κ2) is 12.5. The van der Waals surface area contributed by atoms with Gasteiger partial charge in [0.1, 0.15) is 18.4 Å². The molecule has 0 bridgehead atoms. The Hall–Kier alpha value is -3.72. The molecular formula is C28H32FN3O4S. The maximum absolute atomic E-state index is 13.8. The molecule has 3 aromatic carbocycles. The second-order valence-electron chi connectivity index (χ2n) is 9.12. The summed E-state index contributed by atoms with van der Waals surface area (Å²) in [4.78, 5) is 28.7. The Kier molecular flexibility index (Phi) is 9.41. The van der Waals surface area contributed by atoms with Crippen LogP contribution in [0.5, 0.6) is 0 Å². The summed E-state index contributed by atoms with van der Waals surface area (Å²) >= 11 is 0. The fourth-order valence-electron chi connectivity index (χ4n) is 3.94. The van der Waals surface area contributed by atoms with Crippen molar-refractivity contribution in [3.63, 3.8) is 0 Å². The first-order chi connectivity index (χ1) is 17.5. The Balaban J connectivity index is 2.02. The molecule has 3 aromatic rings. The Morgan fingerprint density at radius 2 is 1.41 bits per heavy atom. The van der Waals surface area contributed by atoms with Gasteiger partial charge in [0.2, 0.25) is 21.8 Å². The molecule has 0 radical (unpaired) electrons. The first-order valence-corrected chi connectivity index (χ1v) is 13.8. The molecule has 7 nitrogen and oxygen atoms in total. The van der Waals surface area contributed by atoms with Crippen LogP contribution in [0.3, 0.4) is 0 Å². The van der Waals surface area contributed by atoms with Crippen molar-refractivity contribution in [1.29, 1.82) is 0 Å². The van der Waals surface area contributed by atoms with Crippen LogP contribution in [-0.4, -0.2) is 50.0 Å². The lowest BCUT2D eigenvalue weighted by Gasteiger charge is -2.34. The third kappa shape index (κ3) is 8.15. The largest absolute Gasteiger partial charge is 0.352 e. The van der Waals surface area contributed by atoms with E-state index in [2.05, 4.69) is 5.32 Å². The number of carbonyl (C=O) groups is 2. The first kappa shape index (κ1) is 27.9. The Morgan fingerprint density at radius 3 is 1.92 bits per heavy atom. The van der Waals surface area contributed by atoms with Crippen LogP contribution in [0, 0.1) is 5.82 Å². The molecule has 2 amide bonds. The highest BCUT2D eigenvalue weighted by Crippen LogP contribution is 2.20. The van der Waals surface area contributed by atoms with Crippen molar-refractivity contribution in [2.45, 2.75) is 38.9 Å². The van der Waals surface area contributed by atoms with Crippen LogP contribution >= 0.6 is 0 Å². The van der Waals surface area contributed by atoms with Crippen LogP contribution in [0.25, 0.3) is 0 Å². The van der Waals surface area contributed by atoms with Gasteiger partial charge in [-0.15, -0.1) is 0 Å². The topological polar surface area (TPSA) is 86.8 Å². The van der Waals surface area contributed by atoms with E-state index < -0.39 is 34.3 Å². The first-order valence-electron chi connectivity index (χ1n) is 12.0. The second-order valence-corrected chi connectivity index (χ2v) is 11.0. The lowest BCUT2D eigenvalue weighted by atomic mass is 10.0. The normalized spacial score (nSPS) is 12.1. The van der Waals surface area contributed by atoms with Crippen molar-refractivity contribution in [2.75, 3.05) is 17.1 Å². The number of benzene rings is 3. The van der Waals surface area contributed by atoms with Gasteiger partial charge in [-0.25, -0.2) is 12.8 Å². The van der Waals surface area contributed by atoms with Crippen molar-refractivity contribution in [2.24, 2.45) is 0 Å². The number of carbonyl (C=O) groups excluding carboxylic acids is 2. The fourth-order valence-corrected chi connectivity index (χ4v) is 4.79. The summed E-state index contributed by atoms with van der Waals surface area (Å²) in [6, 6.07) is 22.4. The number of rotatable bonds is 11. The average molecular weight is 526 g/mol. The fraction of sp³-hybridized carbons (Fsp3) is 0.286. The standard InChI is InChI=1S/C28H32FN3O4S/c1-21(2)30-28(34)26(18-22-10-6-4-7-11-22)31(19-23-12-8-5-9-13-23)27(33)20-32(37(3,35)36)25-16-14-24(29)15-17-25/h4-17,21,26H,18-20H2,1-3H3,(H,30,34). The summed E-state index contributed by atoms with van der Waals surface area (Å²) in [5.74, 6) is -1.42. The van der Waals surface area contributed by atoms with Gasteiger partial charge in [0.25, 0.3) is 0 Å². The van der Waals surface area contributed by atoms with Gasteiger partial charge in [0, 0.05) is 19.0 Å². The number of amides is 2. The molecule has 0 fully saturated rings. The third-order valence-corrected chi connectivity index (χ3v) is 6.83. The molecule has 1 atom stereocenters. The molecule has 0 aliphatic rings. The number of nitrogens with zero attached hydrogens (tertiary/aromatic N) is 2. The maximum atomic E-state index is 13.8. The lowest BCUT2D eigenvalue weighted by molar-refractivity contribution is -0.140. The van der Waals surface area contributed by atoms with E-state index >= 15 is 0 Å². The third-order valence-electron chi connectivity index (χ3n) is 5.69. The van der Waals surface area contributed by atoms with Crippen LogP contribution in [-0.2, 0) is 32.6 Å². The van der Waals surface area contributed by atoms with E-state index in [1.54, 1.807) is 0 Å². The molecule has 0 aromatic heterocycles. The molecule has 0 saturated carbocycles. The van der Waals surface area contributed by atoms with E-state index in [4.69, 9.17) is 0 Å². The van der Waals surface area contributed by atoms with Crippen LogP contribution in [0.15, 0.2) is 84.9 Å². The van der Waals surface area contributed by atoms with E-state index in [1.807, 2.05) is 74.5 Å². The number of sulfonamides is 1. The molecule has 0 aliphatic carbocycles. The summed E-state index contributed by atoms with van der Waals surface area (Å²) in [6.07, 6.45) is 1.23. The zero-order valence-electron chi connectivity index (χ0n) is 21.2. The van der Waals surface area contributed by atoms with Gasteiger partial charge in [-0.1, -0.05) is 60.7 Å². The molecule has 1 unspecified atom stereocenters. The van der Waals surface area contributed by atoms with Gasteiger partial charge in [-0.05, 0) is 49.2 Å². The summed E-state index contributed by atoms with van der Waals surface area (Å²) in [5.41, 5.74) is 1.80. The van der Waals surface area contributed by atoms with Gasteiger partial charge < -0.3 is 10.2 Å². The van der Waals surface area contributed by atoms with Crippen molar-refractivity contribution < 1.29 is 22.4 Å². The molecule has 0 heterocycles. The highest BCUT2D eigenvalue weighted by atomic mass is 32.2. The van der Waals surface area contributed by atoms with Crippen LogP contribution in [0.4, 0.5) is 10.1 Å². The van der Waals surface area contributed by atoms with Crippen molar-refractivity contribution in [3.05, 3.63) is 102 Å². The smallest absolute Gasteiger partial charge is 0.244 e. The van der Waals surface area contributed by atoms with Gasteiger partial charge in [0.05, 0.1) is 11.9 Å². The molecule has 3 rings (SSSR count). The Labute approximate surface area is 218 Å². The Morgan fingerprint density at radius 1 is 0.865 bits per heavy atom. The minimum absolute atomic E-state index is 0.101.